The topological polar surface area (TPSA) is 6.48 Å². The van der Waals surface area contributed by atoms with Crippen molar-refractivity contribution in [3.8, 4) is 0 Å². The SMILES string of the molecule is CCN1CCN(CCC(C)(CC)CC)CC1. The average Bonchev–Trinajstić information content (AvgIpc) is 2.36. The van der Waals surface area contributed by atoms with E-state index in [0.29, 0.717) is 5.41 Å². The van der Waals surface area contributed by atoms with Gasteiger partial charge in [0.1, 0.15) is 0 Å². The van der Waals surface area contributed by atoms with E-state index in [1.165, 1.54) is 58.5 Å². The first-order valence-electron chi connectivity index (χ1n) is 7.08. The van der Waals surface area contributed by atoms with Crippen molar-refractivity contribution in [1.29, 1.82) is 0 Å². The van der Waals surface area contributed by atoms with Gasteiger partial charge in [-0.2, -0.15) is 0 Å². The zero-order valence-corrected chi connectivity index (χ0v) is 11.8. The molecule has 1 fully saturated rings. The number of hydrogen-bond donors (Lipinski definition) is 0. The van der Waals surface area contributed by atoms with Crippen LogP contribution in [0.5, 0.6) is 0 Å². The van der Waals surface area contributed by atoms with Crippen LogP contribution >= 0.6 is 0 Å². The smallest absolute Gasteiger partial charge is 0.0110 e. The standard InChI is InChI=1S/C14H30N2/c1-5-14(4,6-2)8-9-16-12-10-15(7-3)11-13-16/h5-13H2,1-4H3. The van der Waals surface area contributed by atoms with Gasteiger partial charge in [0.2, 0.25) is 0 Å². The molecule has 0 amide bonds. The van der Waals surface area contributed by atoms with E-state index in [1.54, 1.807) is 0 Å². The first-order chi connectivity index (χ1) is 7.63. The summed E-state index contributed by atoms with van der Waals surface area (Å²) < 4.78 is 0. The Bertz CT molecular complexity index is 179. The molecule has 1 rings (SSSR count). The third-order valence-electron chi connectivity index (χ3n) is 4.65. The van der Waals surface area contributed by atoms with Gasteiger partial charge >= 0.3 is 0 Å². The van der Waals surface area contributed by atoms with Crippen molar-refractivity contribution in [3.05, 3.63) is 0 Å². The van der Waals surface area contributed by atoms with E-state index in [1.807, 2.05) is 0 Å². The van der Waals surface area contributed by atoms with Gasteiger partial charge in [0, 0.05) is 26.2 Å². The van der Waals surface area contributed by atoms with Crippen LogP contribution in [-0.2, 0) is 0 Å². The minimum absolute atomic E-state index is 0.571. The third kappa shape index (κ3) is 4.06. The van der Waals surface area contributed by atoms with Crippen molar-refractivity contribution in [3.63, 3.8) is 0 Å². The molecular formula is C14H30N2. The molecule has 1 heterocycles. The van der Waals surface area contributed by atoms with Crippen molar-refractivity contribution in [2.75, 3.05) is 39.3 Å². The molecule has 1 aliphatic rings. The fraction of sp³-hybridized carbons (Fsp3) is 1.00. The fourth-order valence-electron chi connectivity index (χ4n) is 2.36. The van der Waals surface area contributed by atoms with Crippen molar-refractivity contribution >= 4 is 0 Å². The van der Waals surface area contributed by atoms with Crippen LogP contribution in [0.2, 0.25) is 0 Å². The van der Waals surface area contributed by atoms with Gasteiger partial charge in [-0.15, -0.1) is 0 Å². The average molecular weight is 226 g/mol. The summed E-state index contributed by atoms with van der Waals surface area (Å²) in [6.45, 7) is 17.0. The maximum Gasteiger partial charge on any atom is 0.0110 e. The first-order valence-corrected chi connectivity index (χ1v) is 7.08. The Kier molecular flexibility index (Phi) is 5.77. The maximum absolute atomic E-state index is 2.65. The molecule has 0 radical (unpaired) electrons. The lowest BCUT2D eigenvalue weighted by Crippen LogP contribution is -2.46. The van der Waals surface area contributed by atoms with Crippen LogP contribution in [0.4, 0.5) is 0 Å². The van der Waals surface area contributed by atoms with Gasteiger partial charge < -0.3 is 9.80 Å². The van der Waals surface area contributed by atoms with E-state index in [0.717, 1.165) is 0 Å². The molecule has 0 unspecified atom stereocenters. The molecule has 0 aromatic rings. The Morgan fingerprint density at radius 1 is 0.875 bits per heavy atom. The van der Waals surface area contributed by atoms with Gasteiger partial charge in [-0.05, 0) is 24.9 Å². The summed E-state index contributed by atoms with van der Waals surface area (Å²) in [6.07, 6.45) is 4.00. The van der Waals surface area contributed by atoms with E-state index in [9.17, 15) is 0 Å². The van der Waals surface area contributed by atoms with E-state index in [2.05, 4.69) is 37.5 Å². The highest BCUT2D eigenvalue weighted by Gasteiger charge is 2.22. The lowest BCUT2D eigenvalue weighted by atomic mass is 9.81. The van der Waals surface area contributed by atoms with Gasteiger partial charge in [-0.1, -0.05) is 40.5 Å². The molecule has 0 atom stereocenters. The molecule has 1 aliphatic heterocycles. The second kappa shape index (κ2) is 6.61. The van der Waals surface area contributed by atoms with Gasteiger partial charge in [-0.25, -0.2) is 0 Å². The summed E-state index contributed by atoms with van der Waals surface area (Å²) in [5, 5.41) is 0. The first kappa shape index (κ1) is 14.0. The predicted molar refractivity (Wildman–Crippen MR) is 71.9 cm³/mol. The molecule has 0 aliphatic carbocycles. The number of nitrogens with zero attached hydrogens (tertiary/aromatic N) is 2. The Morgan fingerprint density at radius 2 is 1.38 bits per heavy atom. The van der Waals surface area contributed by atoms with Crippen LogP contribution in [0.1, 0.15) is 47.0 Å². The summed E-state index contributed by atoms with van der Waals surface area (Å²) in [6, 6.07) is 0. The monoisotopic (exact) mass is 226 g/mol. The molecule has 96 valence electrons. The van der Waals surface area contributed by atoms with Crippen molar-refractivity contribution in [1.82, 2.24) is 9.80 Å². The van der Waals surface area contributed by atoms with E-state index < -0.39 is 0 Å². The molecule has 0 N–H and O–H groups in total. The summed E-state index contributed by atoms with van der Waals surface area (Å²) in [5.74, 6) is 0. The molecule has 0 spiro atoms. The highest BCUT2D eigenvalue weighted by atomic mass is 15.3. The normalized spacial score (nSPS) is 20.2. The highest BCUT2D eigenvalue weighted by Crippen LogP contribution is 2.29. The van der Waals surface area contributed by atoms with Crippen LogP contribution < -0.4 is 0 Å². The molecule has 0 bridgehead atoms. The zero-order chi connectivity index (χ0) is 12.0. The van der Waals surface area contributed by atoms with Gasteiger partial charge in [-0.3, -0.25) is 0 Å². The maximum atomic E-state index is 2.65. The molecule has 2 heteroatoms. The van der Waals surface area contributed by atoms with Gasteiger partial charge in [0.25, 0.3) is 0 Å². The molecular weight excluding hydrogens is 196 g/mol. The van der Waals surface area contributed by atoms with Crippen LogP contribution in [-0.4, -0.2) is 49.1 Å². The van der Waals surface area contributed by atoms with Gasteiger partial charge in [0.05, 0.1) is 0 Å². The van der Waals surface area contributed by atoms with Gasteiger partial charge in [0.15, 0.2) is 0 Å². The van der Waals surface area contributed by atoms with Crippen LogP contribution in [0.3, 0.4) is 0 Å². The van der Waals surface area contributed by atoms with Crippen molar-refractivity contribution < 1.29 is 0 Å². The largest absolute Gasteiger partial charge is 0.301 e. The minimum Gasteiger partial charge on any atom is -0.301 e. The second-order valence-electron chi connectivity index (χ2n) is 5.54. The molecule has 0 aromatic carbocycles. The van der Waals surface area contributed by atoms with Crippen molar-refractivity contribution in [2.24, 2.45) is 5.41 Å². The zero-order valence-electron chi connectivity index (χ0n) is 11.8. The number of likely N-dealkylation sites (N-methyl/N-ethyl adjacent to an activating group) is 1. The molecule has 0 saturated carbocycles. The Balaban J connectivity index is 2.24. The van der Waals surface area contributed by atoms with E-state index >= 15 is 0 Å². The third-order valence-corrected chi connectivity index (χ3v) is 4.65. The molecule has 1 saturated heterocycles. The summed E-state index contributed by atoms with van der Waals surface area (Å²) in [4.78, 5) is 5.20. The lowest BCUT2D eigenvalue weighted by Gasteiger charge is -2.36. The predicted octanol–water partition coefficient (Wildman–Crippen LogP) is 2.84. The molecule has 2 nitrogen and oxygen atoms in total. The molecule has 16 heavy (non-hydrogen) atoms. The number of piperazine rings is 1. The molecule has 0 aromatic heterocycles. The summed E-state index contributed by atoms with van der Waals surface area (Å²) in [5.41, 5.74) is 0.571. The number of rotatable bonds is 6. The highest BCUT2D eigenvalue weighted by molar-refractivity contribution is 4.76. The van der Waals surface area contributed by atoms with E-state index in [-0.39, 0.29) is 0 Å². The fourth-order valence-corrected chi connectivity index (χ4v) is 2.36. The van der Waals surface area contributed by atoms with Crippen LogP contribution in [0, 0.1) is 5.41 Å². The summed E-state index contributed by atoms with van der Waals surface area (Å²) in [7, 11) is 0. The Labute approximate surface area is 102 Å². The Hall–Kier alpha value is -0.0800. The van der Waals surface area contributed by atoms with Crippen LogP contribution in [0.15, 0.2) is 0 Å². The Morgan fingerprint density at radius 3 is 1.81 bits per heavy atom. The number of hydrogen-bond acceptors (Lipinski definition) is 2. The quantitative estimate of drug-likeness (QED) is 0.687. The lowest BCUT2D eigenvalue weighted by molar-refractivity contribution is 0.118. The van der Waals surface area contributed by atoms with Crippen LogP contribution in [0.25, 0.3) is 0 Å². The van der Waals surface area contributed by atoms with E-state index in [4.69, 9.17) is 0 Å². The van der Waals surface area contributed by atoms with Crippen molar-refractivity contribution in [2.45, 2.75) is 47.0 Å². The summed E-state index contributed by atoms with van der Waals surface area (Å²) >= 11 is 0. The minimum atomic E-state index is 0.571. The second-order valence-corrected chi connectivity index (χ2v) is 5.54.